The normalized spacial score (nSPS) is 15.7. The van der Waals surface area contributed by atoms with Crippen LogP contribution in [0.5, 0.6) is 0 Å². The van der Waals surface area contributed by atoms with Gasteiger partial charge >= 0.3 is 31.1 Å². The predicted octanol–water partition coefficient (Wildman–Crippen LogP) is 8.57. The monoisotopic (exact) mass is 1050 g/mol. The maximum absolute atomic E-state index is 13.1. The van der Waals surface area contributed by atoms with Crippen molar-refractivity contribution in [1.29, 1.82) is 0 Å². The number of sulfonamides is 2. The standard InChI is InChI=1S/C24H25ClF3N5O3S.C22H26F3N5O3S/c1-3-19-23(31-15-17(25)8-12-22(31)29-19)20(34)11-7-16-5-9-18(10-6-16)32-13-14-33(21(4-2)30-32)37(35,36)24(26,27)28;1-2-18-21(29-12-4-3-5-20(29)27-18)19(31)11-8-16-6-9-17(10-7-16)30-14-13-28(15-26-30)34(32,33)22(23,24)25/h5-6,8-10,12,15H,3-4,7,11,13-14H2,1-2H3;6-7,9-10,15H,2-5,8,11-14H2,1H3. The number of amidine groups is 1. The molecule has 8 rings (SSSR count). The van der Waals surface area contributed by atoms with Crippen molar-refractivity contribution < 1.29 is 52.8 Å². The van der Waals surface area contributed by atoms with Crippen molar-refractivity contribution in [3.8, 4) is 0 Å². The maximum atomic E-state index is 13.1. The number of imidazole rings is 2. The number of hydrazone groups is 2. The van der Waals surface area contributed by atoms with Gasteiger partial charge in [-0.25, -0.2) is 18.6 Å². The van der Waals surface area contributed by atoms with Gasteiger partial charge in [-0.2, -0.15) is 53.4 Å². The summed E-state index contributed by atoms with van der Waals surface area (Å²) in [5.74, 6) is 0.834. The van der Waals surface area contributed by atoms with Gasteiger partial charge in [-0.1, -0.05) is 56.6 Å². The Morgan fingerprint density at radius 3 is 1.76 bits per heavy atom. The number of carbonyl (C=O) groups excluding carboxylic acids is 2. The largest absolute Gasteiger partial charge is 0.516 e. The van der Waals surface area contributed by atoms with Gasteiger partial charge < -0.3 is 4.57 Å². The fourth-order valence-corrected chi connectivity index (χ4v) is 10.4. The highest BCUT2D eigenvalue weighted by Gasteiger charge is 2.52. The number of ketones is 2. The van der Waals surface area contributed by atoms with Gasteiger partial charge in [0.15, 0.2) is 11.6 Å². The van der Waals surface area contributed by atoms with Crippen LogP contribution >= 0.6 is 11.6 Å². The average Bonchev–Trinajstić information content (AvgIpc) is 3.93. The lowest BCUT2D eigenvalue weighted by atomic mass is 10.0. The van der Waals surface area contributed by atoms with Gasteiger partial charge in [-0.15, -0.1) is 0 Å². The zero-order valence-electron chi connectivity index (χ0n) is 38.9. The molecule has 0 fully saturated rings. The predicted molar refractivity (Wildman–Crippen MR) is 257 cm³/mol. The number of alkyl halides is 6. The fourth-order valence-electron chi connectivity index (χ4n) is 8.44. The molecule has 0 amide bonds. The van der Waals surface area contributed by atoms with Crippen LogP contribution in [0, 0.1) is 0 Å². The number of benzene rings is 2. The number of anilines is 2. The number of aryl methyl sites for hydroxylation is 5. The minimum Gasteiger partial charge on any atom is -0.325 e. The van der Waals surface area contributed by atoms with Crippen LogP contribution in [0.3, 0.4) is 0 Å². The summed E-state index contributed by atoms with van der Waals surface area (Å²) in [6.07, 6.45) is 8.35. The summed E-state index contributed by atoms with van der Waals surface area (Å²) < 4.78 is 128. The molecule has 0 unspecified atom stereocenters. The molecular formula is C46H51ClF6N10O6S2. The van der Waals surface area contributed by atoms with E-state index >= 15 is 0 Å². The highest BCUT2D eigenvalue weighted by Crippen LogP contribution is 2.31. The molecule has 0 spiro atoms. The summed E-state index contributed by atoms with van der Waals surface area (Å²) in [4.78, 5) is 35.3. The van der Waals surface area contributed by atoms with E-state index in [4.69, 9.17) is 11.6 Å². The minimum atomic E-state index is -5.50. The van der Waals surface area contributed by atoms with Crippen LogP contribution in [0.1, 0.15) is 102 Å². The summed E-state index contributed by atoms with van der Waals surface area (Å²) in [7, 11) is -10.9. The van der Waals surface area contributed by atoms with E-state index in [-0.39, 0.29) is 60.7 Å². The minimum absolute atomic E-state index is 0.0141. The van der Waals surface area contributed by atoms with Crippen molar-refractivity contribution in [2.45, 2.75) is 103 Å². The number of aromatic nitrogens is 4. The van der Waals surface area contributed by atoms with E-state index in [9.17, 15) is 52.8 Å². The number of Topliss-reactive ketones (excluding diaryl/α,β-unsaturated/α-hetero) is 2. The molecule has 0 saturated carbocycles. The lowest BCUT2D eigenvalue weighted by molar-refractivity contribution is -0.0478. The van der Waals surface area contributed by atoms with Crippen LogP contribution in [0.2, 0.25) is 5.02 Å². The van der Waals surface area contributed by atoms with Gasteiger partial charge in [0.25, 0.3) is 0 Å². The third-order valence-electron chi connectivity index (χ3n) is 12.1. The highest BCUT2D eigenvalue weighted by atomic mass is 35.5. The summed E-state index contributed by atoms with van der Waals surface area (Å²) in [5.41, 5.74) is -4.23. The van der Waals surface area contributed by atoms with E-state index in [1.807, 2.05) is 38.1 Å². The van der Waals surface area contributed by atoms with Crippen LogP contribution < -0.4 is 10.0 Å². The lowest BCUT2D eigenvalue weighted by Crippen LogP contribution is -2.50. The SMILES string of the molecule is CCC1=NN(c2ccc(CCC(=O)c3c(CC)nc4ccc(Cl)cn34)cc2)CCN1S(=O)(=O)C(F)(F)F.CCc1nc2n(c1C(=O)CCc1ccc(N3CCN(S(=O)(=O)C(F)(F)F)C=N3)cc1)CCCC2. The summed E-state index contributed by atoms with van der Waals surface area (Å²) in [6.45, 7) is 5.53. The van der Waals surface area contributed by atoms with Crippen molar-refractivity contribution >= 4 is 72.4 Å². The third kappa shape index (κ3) is 11.4. The fraction of sp³-hybridized carbons (Fsp3) is 0.435. The molecule has 0 radical (unpaired) electrons. The first-order chi connectivity index (χ1) is 33.6. The molecule has 0 aliphatic carbocycles. The molecule has 0 atom stereocenters. The summed E-state index contributed by atoms with van der Waals surface area (Å²) in [6, 6.07) is 17.8. The first-order valence-corrected chi connectivity index (χ1v) is 26.2. The molecule has 5 aromatic rings. The maximum Gasteiger partial charge on any atom is 0.516 e. The molecule has 382 valence electrons. The molecular weight excluding hydrogens is 1000 g/mol. The third-order valence-corrected chi connectivity index (χ3v) is 15.4. The number of fused-ring (bicyclic) bond motifs is 2. The number of hydrogen-bond donors (Lipinski definition) is 0. The molecule has 6 heterocycles. The smallest absolute Gasteiger partial charge is 0.325 e. The summed E-state index contributed by atoms with van der Waals surface area (Å²) in [5, 5.41) is 11.4. The zero-order valence-corrected chi connectivity index (χ0v) is 41.3. The number of rotatable bonds is 15. The van der Waals surface area contributed by atoms with E-state index in [2.05, 4.69) is 24.7 Å². The molecule has 0 saturated heterocycles. The molecule has 3 aliphatic heterocycles. The Balaban J connectivity index is 0.000000209. The molecule has 71 heavy (non-hydrogen) atoms. The van der Waals surface area contributed by atoms with Crippen LogP contribution in [0.25, 0.3) is 5.65 Å². The van der Waals surface area contributed by atoms with Crippen molar-refractivity contribution in [3.05, 3.63) is 112 Å². The zero-order chi connectivity index (χ0) is 51.5. The second kappa shape index (κ2) is 21.4. The second-order valence-corrected chi connectivity index (χ2v) is 20.9. The van der Waals surface area contributed by atoms with E-state index < -0.39 is 31.1 Å². The quantitative estimate of drug-likeness (QED) is 0.0730. The van der Waals surface area contributed by atoms with Crippen molar-refractivity contribution in [2.24, 2.45) is 10.2 Å². The number of pyridine rings is 1. The van der Waals surface area contributed by atoms with Gasteiger partial charge in [0.2, 0.25) is 0 Å². The average molecular weight is 1050 g/mol. The van der Waals surface area contributed by atoms with Gasteiger partial charge in [0.05, 0.1) is 54.0 Å². The van der Waals surface area contributed by atoms with Crippen LogP contribution in [-0.2, 0) is 58.7 Å². The molecule has 0 bridgehead atoms. The Morgan fingerprint density at radius 2 is 1.21 bits per heavy atom. The Labute approximate surface area is 411 Å². The van der Waals surface area contributed by atoms with Crippen molar-refractivity contribution in [3.63, 3.8) is 0 Å². The second-order valence-electron chi connectivity index (χ2n) is 16.7. The Hall–Kier alpha value is -6.01. The highest BCUT2D eigenvalue weighted by molar-refractivity contribution is 7.90. The van der Waals surface area contributed by atoms with Crippen LogP contribution in [0.15, 0.2) is 77.1 Å². The van der Waals surface area contributed by atoms with E-state index in [1.165, 1.54) is 10.0 Å². The van der Waals surface area contributed by atoms with Gasteiger partial charge in [-0.3, -0.25) is 24.0 Å². The first kappa shape index (κ1) is 52.8. The van der Waals surface area contributed by atoms with E-state index in [0.717, 1.165) is 54.1 Å². The van der Waals surface area contributed by atoms with Crippen LogP contribution in [0.4, 0.5) is 37.7 Å². The van der Waals surface area contributed by atoms with Crippen molar-refractivity contribution in [2.75, 3.05) is 36.2 Å². The number of carbonyl (C=O) groups is 2. The molecule has 2 aromatic carbocycles. The molecule has 16 nitrogen and oxygen atoms in total. The Bertz CT molecular complexity index is 3050. The molecule has 3 aliphatic rings. The van der Waals surface area contributed by atoms with Crippen molar-refractivity contribution in [1.82, 2.24) is 27.5 Å². The number of halogens is 7. The van der Waals surface area contributed by atoms with Crippen LogP contribution in [-0.4, -0.2) is 105 Å². The topological polar surface area (TPSA) is 175 Å². The van der Waals surface area contributed by atoms with Gasteiger partial charge in [-0.05, 0) is 86.1 Å². The Morgan fingerprint density at radius 1 is 0.648 bits per heavy atom. The molecule has 0 N–H and O–H groups in total. The van der Waals surface area contributed by atoms with E-state index in [0.29, 0.717) is 76.2 Å². The van der Waals surface area contributed by atoms with Gasteiger partial charge in [0.1, 0.15) is 35.0 Å². The summed E-state index contributed by atoms with van der Waals surface area (Å²) >= 11 is 6.11. The number of hydrogen-bond acceptors (Lipinski definition) is 12. The Kier molecular flexibility index (Phi) is 15.9. The molecule has 25 heteroatoms. The lowest BCUT2D eigenvalue weighted by Gasteiger charge is -2.34. The van der Waals surface area contributed by atoms with Gasteiger partial charge in [0, 0.05) is 38.4 Å². The first-order valence-electron chi connectivity index (χ1n) is 22.9. The molecule has 3 aromatic heterocycles. The van der Waals surface area contributed by atoms with E-state index in [1.54, 1.807) is 53.9 Å². The number of nitrogens with zero attached hydrogens (tertiary/aromatic N) is 10.